The number of furan rings is 1. The van der Waals surface area contributed by atoms with Crippen molar-refractivity contribution in [2.24, 2.45) is 0 Å². The van der Waals surface area contributed by atoms with Crippen molar-refractivity contribution in [3.05, 3.63) is 70.4 Å². The molecule has 0 radical (unpaired) electrons. The lowest BCUT2D eigenvalue weighted by Crippen LogP contribution is -2.34. The molecule has 1 amide bonds. The van der Waals surface area contributed by atoms with Gasteiger partial charge in [0.25, 0.3) is 5.91 Å². The number of Topliss-reactive ketones (excluding diaryl/α,β-unsaturated/α-hetero) is 1. The smallest absolute Gasteiger partial charge is 0.290 e. The SMILES string of the molecule is CCN(CC)CCCN1C(=O)C(O)=C(C(=O)c2ccc(C)o2)[C@@H]1c1ccc(C(C)C)cc1. The number of amides is 1. The summed E-state index contributed by atoms with van der Waals surface area (Å²) in [5.74, 6) is -0.333. The van der Waals surface area contributed by atoms with Crippen molar-refractivity contribution in [1.82, 2.24) is 9.80 Å². The molecule has 1 atom stereocenters. The number of ketones is 1. The van der Waals surface area contributed by atoms with Gasteiger partial charge in [-0.1, -0.05) is 52.0 Å². The van der Waals surface area contributed by atoms with Crippen LogP contribution in [0.3, 0.4) is 0 Å². The fourth-order valence-corrected chi connectivity index (χ4v) is 4.22. The molecule has 0 fully saturated rings. The number of rotatable bonds is 10. The van der Waals surface area contributed by atoms with Crippen LogP contribution in [0.25, 0.3) is 0 Å². The van der Waals surface area contributed by atoms with Gasteiger partial charge in [-0.05, 0) is 62.2 Å². The Morgan fingerprint density at radius 1 is 1.12 bits per heavy atom. The molecule has 1 aromatic carbocycles. The monoisotopic (exact) mass is 438 g/mol. The van der Waals surface area contributed by atoms with E-state index in [2.05, 4.69) is 32.6 Å². The molecule has 0 saturated carbocycles. The second-order valence-electron chi connectivity index (χ2n) is 8.60. The second-order valence-corrected chi connectivity index (χ2v) is 8.60. The molecule has 1 N–H and O–H groups in total. The van der Waals surface area contributed by atoms with E-state index < -0.39 is 23.5 Å². The van der Waals surface area contributed by atoms with E-state index in [-0.39, 0.29) is 11.3 Å². The number of hydrogen-bond acceptors (Lipinski definition) is 5. The number of hydrogen-bond donors (Lipinski definition) is 1. The summed E-state index contributed by atoms with van der Waals surface area (Å²) in [6, 6.07) is 10.6. The van der Waals surface area contributed by atoms with Crippen molar-refractivity contribution in [3.8, 4) is 0 Å². The van der Waals surface area contributed by atoms with Crippen LogP contribution in [0, 0.1) is 6.92 Å². The zero-order chi connectivity index (χ0) is 23.4. The molecule has 2 aromatic rings. The van der Waals surface area contributed by atoms with Gasteiger partial charge in [-0.25, -0.2) is 0 Å². The standard InChI is InChI=1S/C26H34N2O4/c1-6-27(7-2)15-8-16-28-23(20-12-10-19(11-13-20)17(3)4)22(25(30)26(28)31)24(29)21-14-9-18(5)32-21/h9-14,17,23,30H,6-8,15-16H2,1-5H3/t23-/m0/s1. The lowest BCUT2D eigenvalue weighted by molar-refractivity contribution is -0.129. The number of carbonyl (C=O) groups is 2. The number of aliphatic hydroxyl groups excluding tert-OH is 1. The van der Waals surface area contributed by atoms with Crippen LogP contribution in [0.2, 0.25) is 0 Å². The first-order chi connectivity index (χ1) is 15.3. The summed E-state index contributed by atoms with van der Waals surface area (Å²) in [4.78, 5) is 30.3. The van der Waals surface area contributed by atoms with E-state index in [0.717, 1.165) is 31.6 Å². The van der Waals surface area contributed by atoms with Gasteiger partial charge in [0.1, 0.15) is 5.76 Å². The van der Waals surface area contributed by atoms with Crippen molar-refractivity contribution in [2.75, 3.05) is 26.2 Å². The van der Waals surface area contributed by atoms with Gasteiger partial charge in [0, 0.05) is 6.54 Å². The minimum absolute atomic E-state index is 0.0875. The van der Waals surface area contributed by atoms with Gasteiger partial charge < -0.3 is 19.3 Å². The lowest BCUT2D eigenvalue weighted by atomic mass is 9.93. The Labute approximate surface area is 190 Å². The maximum Gasteiger partial charge on any atom is 0.290 e. The molecule has 0 bridgehead atoms. The van der Waals surface area contributed by atoms with Crippen LogP contribution in [-0.4, -0.2) is 52.8 Å². The quantitative estimate of drug-likeness (QED) is 0.527. The maximum atomic E-state index is 13.3. The Balaban J connectivity index is 1.96. The summed E-state index contributed by atoms with van der Waals surface area (Å²) in [6.45, 7) is 13.4. The number of benzene rings is 1. The zero-order valence-corrected chi connectivity index (χ0v) is 19.7. The molecule has 0 saturated heterocycles. The van der Waals surface area contributed by atoms with E-state index in [1.807, 2.05) is 24.3 Å². The van der Waals surface area contributed by atoms with E-state index >= 15 is 0 Å². The third kappa shape index (κ3) is 4.80. The van der Waals surface area contributed by atoms with Crippen molar-refractivity contribution in [3.63, 3.8) is 0 Å². The van der Waals surface area contributed by atoms with Crippen LogP contribution in [0.1, 0.15) is 73.5 Å². The first kappa shape index (κ1) is 23.8. The zero-order valence-electron chi connectivity index (χ0n) is 19.7. The molecule has 2 heterocycles. The summed E-state index contributed by atoms with van der Waals surface area (Å²) in [5.41, 5.74) is 2.07. The van der Waals surface area contributed by atoms with E-state index in [4.69, 9.17) is 4.42 Å². The van der Waals surface area contributed by atoms with Crippen LogP contribution < -0.4 is 0 Å². The summed E-state index contributed by atoms with van der Waals surface area (Å²) >= 11 is 0. The molecular weight excluding hydrogens is 404 g/mol. The van der Waals surface area contributed by atoms with Crippen molar-refractivity contribution >= 4 is 11.7 Å². The predicted molar refractivity (Wildman–Crippen MR) is 125 cm³/mol. The topological polar surface area (TPSA) is 74.0 Å². The van der Waals surface area contributed by atoms with E-state index in [1.54, 1.807) is 24.0 Å². The molecule has 1 aromatic heterocycles. The molecular formula is C26H34N2O4. The van der Waals surface area contributed by atoms with Gasteiger partial charge in [-0.15, -0.1) is 0 Å². The highest BCUT2D eigenvalue weighted by Gasteiger charge is 2.44. The third-order valence-corrected chi connectivity index (χ3v) is 6.20. The van der Waals surface area contributed by atoms with Crippen molar-refractivity contribution in [2.45, 2.75) is 53.0 Å². The number of aliphatic hydroxyl groups is 1. The van der Waals surface area contributed by atoms with E-state index in [1.165, 1.54) is 5.56 Å². The van der Waals surface area contributed by atoms with Gasteiger partial charge in [0.05, 0.1) is 11.6 Å². The second kappa shape index (κ2) is 10.2. The van der Waals surface area contributed by atoms with Gasteiger partial charge in [-0.3, -0.25) is 9.59 Å². The van der Waals surface area contributed by atoms with Gasteiger partial charge in [-0.2, -0.15) is 0 Å². The van der Waals surface area contributed by atoms with E-state index in [9.17, 15) is 14.7 Å². The van der Waals surface area contributed by atoms with Crippen molar-refractivity contribution in [1.29, 1.82) is 0 Å². The molecule has 32 heavy (non-hydrogen) atoms. The third-order valence-electron chi connectivity index (χ3n) is 6.20. The van der Waals surface area contributed by atoms with E-state index in [0.29, 0.717) is 18.2 Å². The maximum absolute atomic E-state index is 13.3. The highest BCUT2D eigenvalue weighted by atomic mass is 16.3. The normalized spacial score (nSPS) is 16.7. The number of nitrogens with zero attached hydrogens (tertiary/aromatic N) is 2. The van der Waals surface area contributed by atoms with Gasteiger partial charge in [0.15, 0.2) is 11.5 Å². The predicted octanol–water partition coefficient (Wildman–Crippen LogP) is 5.02. The summed E-state index contributed by atoms with van der Waals surface area (Å²) in [6.07, 6.45) is 0.753. The summed E-state index contributed by atoms with van der Waals surface area (Å²) in [7, 11) is 0. The van der Waals surface area contributed by atoms with Gasteiger partial charge in [0.2, 0.25) is 5.78 Å². The Bertz CT molecular complexity index is 984. The highest BCUT2D eigenvalue weighted by molar-refractivity contribution is 6.15. The molecule has 6 heteroatoms. The van der Waals surface area contributed by atoms with Crippen LogP contribution in [0.4, 0.5) is 0 Å². The summed E-state index contributed by atoms with van der Waals surface area (Å²) < 4.78 is 5.52. The Morgan fingerprint density at radius 3 is 2.31 bits per heavy atom. The fraction of sp³-hybridized carbons (Fsp3) is 0.462. The largest absolute Gasteiger partial charge is 0.503 e. The minimum atomic E-state index is -0.640. The Kier molecular flexibility index (Phi) is 7.56. The van der Waals surface area contributed by atoms with Crippen LogP contribution in [0.5, 0.6) is 0 Å². The van der Waals surface area contributed by atoms with Crippen molar-refractivity contribution < 1.29 is 19.1 Å². The summed E-state index contributed by atoms with van der Waals surface area (Å²) in [5, 5.41) is 10.8. The first-order valence-electron chi connectivity index (χ1n) is 11.5. The Hall–Kier alpha value is -2.86. The molecule has 6 nitrogen and oxygen atoms in total. The Morgan fingerprint density at radius 2 is 1.78 bits per heavy atom. The molecule has 172 valence electrons. The highest BCUT2D eigenvalue weighted by Crippen LogP contribution is 2.39. The molecule has 0 unspecified atom stereocenters. The average Bonchev–Trinajstić information content (AvgIpc) is 3.33. The van der Waals surface area contributed by atoms with Crippen LogP contribution in [-0.2, 0) is 4.79 Å². The van der Waals surface area contributed by atoms with Crippen LogP contribution in [0.15, 0.2) is 52.1 Å². The fourth-order valence-electron chi connectivity index (χ4n) is 4.22. The molecule has 3 rings (SSSR count). The van der Waals surface area contributed by atoms with Crippen LogP contribution >= 0.6 is 0 Å². The molecule has 1 aliphatic heterocycles. The molecule has 0 spiro atoms. The average molecular weight is 439 g/mol. The van der Waals surface area contributed by atoms with Gasteiger partial charge >= 0.3 is 0 Å². The lowest BCUT2D eigenvalue weighted by Gasteiger charge is -2.28. The number of carbonyl (C=O) groups excluding carboxylic acids is 2. The molecule has 0 aliphatic carbocycles. The number of aryl methyl sites for hydroxylation is 1. The molecule has 1 aliphatic rings. The minimum Gasteiger partial charge on any atom is -0.503 e. The first-order valence-corrected chi connectivity index (χ1v) is 11.5.